The number of amides is 12. The lowest BCUT2D eigenvalue weighted by molar-refractivity contribution is -0.156. The minimum absolute atomic E-state index is 0.0523. The van der Waals surface area contributed by atoms with Crippen LogP contribution >= 0.6 is 0 Å². The Morgan fingerprint density at radius 3 is 1.82 bits per heavy atom. The van der Waals surface area contributed by atoms with E-state index in [1.165, 1.54) is 24.3 Å². The van der Waals surface area contributed by atoms with E-state index in [-0.39, 0.29) is 30.6 Å². The maximum atomic E-state index is 14.5. The van der Waals surface area contributed by atoms with Gasteiger partial charge in [0, 0.05) is 17.7 Å². The highest BCUT2D eigenvalue weighted by molar-refractivity contribution is 6.06. The third-order valence-corrected chi connectivity index (χ3v) is 13.8. The number of nitrogens with two attached hydrogens (primary N) is 4. The Kier molecular flexibility index (Phi) is 28.2. The predicted octanol–water partition coefficient (Wildman–Crippen LogP) is -10.1. The summed E-state index contributed by atoms with van der Waals surface area (Å²) in [5, 5.41) is 72.3. The average Bonchev–Trinajstić information content (AvgIpc) is 1.60. The van der Waals surface area contributed by atoms with Gasteiger partial charge in [-0.3, -0.25) is 81.5 Å². The van der Waals surface area contributed by atoms with Crippen molar-refractivity contribution in [1.29, 1.82) is 0 Å². The van der Waals surface area contributed by atoms with Crippen LogP contribution in [0.1, 0.15) is 82.5 Å². The quantitative estimate of drug-likeness (QED) is 0.0309. The number of anilines is 1. The van der Waals surface area contributed by atoms with Crippen LogP contribution in [0.4, 0.5) is 5.69 Å². The summed E-state index contributed by atoms with van der Waals surface area (Å²) in [5.41, 5.74) is 19.7. The van der Waals surface area contributed by atoms with Crippen LogP contribution in [0.3, 0.4) is 0 Å². The molecular weight excluding hydrogens is 1220 g/mol. The summed E-state index contributed by atoms with van der Waals surface area (Å²) in [4.78, 5) is 239. The number of benzene rings is 1. The van der Waals surface area contributed by atoms with Crippen LogP contribution in [0, 0.1) is 11.8 Å². The normalized spacial score (nSPS) is 25.5. The number of nitrogen functional groups attached to an aromatic ring is 1. The van der Waals surface area contributed by atoms with Gasteiger partial charge in [0.15, 0.2) is 5.78 Å². The highest BCUT2D eigenvalue weighted by Gasteiger charge is 2.66. The van der Waals surface area contributed by atoms with Gasteiger partial charge in [-0.2, -0.15) is 0 Å². The van der Waals surface area contributed by atoms with Gasteiger partial charge in [-0.1, -0.05) is 19.1 Å². The molecule has 1 spiro atoms. The summed E-state index contributed by atoms with van der Waals surface area (Å²) in [6.45, 7) is -0.735. The van der Waals surface area contributed by atoms with Crippen molar-refractivity contribution in [2.75, 3.05) is 32.0 Å². The van der Waals surface area contributed by atoms with Gasteiger partial charge < -0.3 is 112 Å². The number of nitrogens with one attached hydrogen (secondary N) is 11. The number of hydrogen-bond acceptors (Lipinski definition) is 23. The number of rotatable bonds is 21. The van der Waals surface area contributed by atoms with E-state index < -0.39 is 243 Å². The standard InChI is InChI=1S/C52H73N15O24/c1-20(11-36(73)74)39-48(86)64-30(13-32(69)23-7-4-5-8-25(23)54)50(89)91-22(3)40(66-44(82)29(15-38(77)78)63-42(80)26(55)12-33(56)70)47(85)58-18-34(71)60-27(9-6-10-53)46(84)67-52(16-24(52)49(87)88)51(90)59-21(2)41(79)62-28(14-37(75)76)43(81)57-17-35(72)61-31(19-68)45(83)65-39/h4-5,7-8,20-22,24,26-31,39-40,68H,6,9-19,53-55H2,1-3H3,(H2,56,70)(H,57,81)(H,58,85)(H,59,90)(H,60,71)(H,61,72)(H,62,79)(H,63,80)(H,64,86)(H,65,83)(H,66,82)(H,67,84)(H,73,74)(H,75,76)(H,77,78)(H,87,88)/t20-,21-,22-,24?,26-,27+,28+,29+,30+,31-,39+,40+,52?/m1/s1. The van der Waals surface area contributed by atoms with Crippen molar-refractivity contribution in [2.24, 2.45) is 29.0 Å². The molecule has 13 atom stereocenters. The zero-order valence-electron chi connectivity index (χ0n) is 49.0. The first-order chi connectivity index (χ1) is 42.5. The van der Waals surface area contributed by atoms with Gasteiger partial charge in [0.2, 0.25) is 70.9 Å². The van der Waals surface area contributed by atoms with Crippen LogP contribution in [-0.2, 0) is 86.2 Å². The number of ether oxygens (including phenoxy) is 1. The molecule has 1 heterocycles. The minimum Gasteiger partial charge on any atom is -0.481 e. The summed E-state index contributed by atoms with van der Waals surface area (Å²) < 4.78 is 5.55. The number of hydrogen-bond donors (Lipinski definition) is 20. The predicted molar refractivity (Wildman–Crippen MR) is 302 cm³/mol. The summed E-state index contributed by atoms with van der Waals surface area (Å²) in [6, 6.07) is -13.0. The zero-order valence-corrected chi connectivity index (χ0v) is 49.0. The molecular formula is C52H73N15O24. The minimum atomic E-state index is -2.35. The van der Waals surface area contributed by atoms with Crippen LogP contribution < -0.4 is 81.4 Å². The van der Waals surface area contributed by atoms with E-state index in [4.69, 9.17) is 27.7 Å². The van der Waals surface area contributed by atoms with Gasteiger partial charge in [-0.25, -0.2) is 4.79 Å². The fourth-order valence-corrected chi connectivity index (χ4v) is 8.80. The summed E-state index contributed by atoms with van der Waals surface area (Å²) in [7, 11) is 0. The fourth-order valence-electron chi connectivity index (χ4n) is 8.80. The third-order valence-electron chi connectivity index (χ3n) is 13.8. The molecule has 500 valence electrons. The molecule has 0 bridgehead atoms. The zero-order chi connectivity index (χ0) is 68.8. The Morgan fingerprint density at radius 2 is 1.27 bits per heavy atom. The molecule has 1 aromatic rings. The number of primary amides is 1. The van der Waals surface area contributed by atoms with Crippen molar-refractivity contribution < 1.29 is 117 Å². The Hall–Kier alpha value is -10.4. The number of aliphatic hydroxyl groups is 1. The van der Waals surface area contributed by atoms with Crippen molar-refractivity contribution >= 4 is 112 Å². The molecule has 2 fully saturated rings. The van der Waals surface area contributed by atoms with Gasteiger partial charge >= 0.3 is 29.8 Å². The monoisotopic (exact) mass is 1290 g/mol. The van der Waals surface area contributed by atoms with Gasteiger partial charge in [0.25, 0.3) is 0 Å². The highest BCUT2D eigenvalue weighted by Crippen LogP contribution is 2.44. The molecule has 1 aliphatic heterocycles. The van der Waals surface area contributed by atoms with Crippen LogP contribution in [0.5, 0.6) is 0 Å². The fraction of sp³-hybridized carbons (Fsp3) is 0.538. The van der Waals surface area contributed by atoms with Crippen molar-refractivity contribution in [1.82, 2.24) is 58.5 Å². The second-order valence-electron chi connectivity index (χ2n) is 21.1. The van der Waals surface area contributed by atoms with Gasteiger partial charge in [0.05, 0.1) is 57.3 Å². The number of carbonyl (C=O) groups excluding carboxylic acids is 14. The molecule has 0 radical (unpaired) electrons. The Labute approximate surface area is 515 Å². The van der Waals surface area contributed by atoms with Crippen molar-refractivity contribution in [3.8, 4) is 0 Å². The number of carboxylic acids is 4. The lowest BCUT2D eigenvalue weighted by atomic mass is 9.96. The summed E-state index contributed by atoms with van der Waals surface area (Å²) in [5.74, 6) is -28.7. The van der Waals surface area contributed by atoms with E-state index in [2.05, 4.69) is 37.2 Å². The molecule has 39 heteroatoms. The second-order valence-corrected chi connectivity index (χ2v) is 21.1. The molecule has 12 amide bonds. The van der Waals surface area contributed by atoms with E-state index in [1.54, 1.807) is 0 Å². The topological polar surface area (TPSA) is 654 Å². The Morgan fingerprint density at radius 1 is 0.681 bits per heavy atom. The van der Waals surface area contributed by atoms with Crippen molar-refractivity contribution in [3.63, 3.8) is 0 Å². The number of cyclic esters (lactones) is 1. The summed E-state index contributed by atoms with van der Waals surface area (Å²) in [6.07, 6.45) is -8.41. The molecule has 91 heavy (non-hydrogen) atoms. The SMILES string of the molecule is C[C@H](CC(=O)O)[C@@H]1NC(=O)[C@@H](CO)NC(=O)CNC(=O)[C@H](CC(=O)O)NC(=O)[C@@H](C)NC(=O)C2(CC2C(=O)O)NC(=O)[C@H](CCCN)NC(=O)CNC(=O)[C@@H](NC(=O)[C@H](CC(=O)O)NC(=O)[C@H](N)CC(N)=O)[C@@H](C)OC(=O)[C@H](CC(=O)c2ccccc2N)NC1=O. The highest BCUT2D eigenvalue weighted by atomic mass is 16.5. The number of carboxylic acid groups (broad SMARTS) is 4. The van der Waals surface area contributed by atoms with E-state index in [0.717, 1.165) is 20.8 Å². The first kappa shape index (κ1) is 74.8. The molecule has 0 aromatic heterocycles. The van der Waals surface area contributed by atoms with Gasteiger partial charge in [-0.05, 0) is 57.7 Å². The van der Waals surface area contributed by atoms with Crippen LogP contribution in [-0.4, -0.2) is 224 Å². The van der Waals surface area contributed by atoms with E-state index in [9.17, 15) is 112 Å². The van der Waals surface area contributed by atoms with Gasteiger partial charge in [-0.15, -0.1) is 0 Å². The number of ketones is 1. The third kappa shape index (κ3) is 22.9. The van der Waals surface area contributed by atoms with Crippen LogP contribution in [0.25, 0.3) is 0 Å². The van der Waals surface area contributed by atoms with Crippen molar-refractivity contribution in [2.45, 2.75) is 138 Å². The van der Waals surface area contributed by atoms with Gasteiger partial charge in [0.1, 0.15) is 60.0 Å². The Balaban J connectivity index is 2.27. The van der Waals surface area contributed by atoms with E-state index in [0.29, 0.717) is 0 Å². The average molecular weight is 1290 g/mol. The van der Waals surface area contributed by atoms with Crippen molar-refractivity contribution in [3.05, 3.63) is 29.8 Å². The number of esters is 1. The maximum absolute atomic E-state index is 14.5. The number of para-hydroxylation sites is 1. The number of aliphatic hydroxyl groups excluding tert-OH is 1. The smallest absolute Gasteiger partial charge is 0.329 e. The maximum Gasteiger partial charge on any atom is 0.329 e. The molecule has 24 N–H and O–H groups in total. The van der Waals surface area contributed by atoms with E-state index >= 15 is 0 Å². The van der Waals surface area contributed by atoms with E-state index in [1.807, 2.05) is 21.3 Å². The van der Waals surface area contributed by atoms with Crippen LogP contribution in [0.15, 0.2) is 24.3 Å². The number of Topliss-reactive ketones (excluding diaryl/α,β-unsaturated/α-hetero) is 1. The summed E-state index contributed by atoms with van der Waals surface area (Å²) >= 11 is 0. The second kappa shape index (κ2) is 34.3. The first-order valence-corrected chi connectivity index (χ1v) is 27.7. The number of carbonyl (C=O) groups is 18. The molecule has 1 aliphatic carbocycles. The molecule has 1 saturated carbocycles. The molecule has 39 nitrogen and oxygen atoms in total. The first-order valence-electron chi connectivity index (χ1n) is 27.7. The molecule has 3 rings (SSSR count). The molecule has 2 unspecified atom stereocenters. The molecule has 1 saturated heterocycles. The lowest BCUT2D eigenvalue weighted by Gasteiger charge is -2.30. The largest absolute Gasteiger partial charge is 0.481 e. The Bertz CT molecular complexity index is 3020. The molecule has 1 aromatic carbocycles. The molecule has 2 aliphatic rings. The lowest BCUT2D eigenvalue weighted by Crippen LogP contribution is -2.61. The van der Waals surface area contributed by atoms with Crippen LogP contribution in [0.2, 0.25) is 0 Å². The number of aliphatic carboxylic acids is 4.